The first-order valence-corrected chi connectivity index (χ1v) is 8.00. The molecule has 0 spiro atoms. The smallest absolute Gasteiger partial charge is 0.261 e. The van der Waals surface area contributed by atoms with Crippen molar-refractivity contribution in [3.8, 4) is 17.0 Å². The minimum atomic E-state index is -0.600. The zero-order valence-corrected chi connectivity index (χ0v) is 14.4. The molecule has 1 aromatic heterocycles. The van der Waals surface area contributed by atoms with Gasteiger partial charge in [-0.25, -0.2) is 4.39 Å². The van der Waals surface area contributed by atoms with E-state index in [0.29, 0.717) is 27.7 Å². The van der Waals surface area contributed by atoms with E-state index in [9.17, 15) is 14.0 Å². The first-order chi connectivity index (χ1) is 12.5. The summed E-state index contributed by atoms with van der Waals surface area (Å²) in [4.78, 5) is 27.3. The fraction of sp³-hybridized carbons (Fsp3) is 0.0526. The Morgan fingerprint density at radius 1 is 1.12 bits per heavy atom. The number of methoxy groups -OCH3 is 1. The third-order valence-electron chi connectivity index (χ3n) is 3.72. The highest BCUT2D eigenvalue weighted by Crippen LogP contribution is 2.28. The van der Waals surface area contributed by atoms with E-state index in [1.807, 2.05) is 0 Å². The summed E-state index contributed by atoms with van der Waals surface area (Å²) in [6.45, 7) is 0. The molecular formula is C19H14ClFN2O3. The van der Waals surface area contributed by atoms with Crippen molar-refractivity contribution in [3.05, 3.63) is 81.4 Å². The summed E-state index contributed by atoms with van der Waals surface area (Å²) in [6, 6.07) is 13.4. The van der Waals surface area contributed by atoms with Crippen molar-refractivity contribution >= 4 is 23.2 Å². The molecule has 3 rings (SSSR count). The Balaban J connectivity index is 1.88. The van der Waals surface area contributed by atoms with E-state index in [-0.39, 0.29) is 11.4 Å². The van der Waals surface area contributed by atoms with Gasteiger partial charge in [0.05, 0.1) is 12.8 Å². The maximum Gasteiger partial charge on any atom is 0.261 e. The molecule has 0 atom stereocenters. The molecule has 3 aromatic rings. The van der Waals surface area contributed by atoms with Gasteiger partial charge in [0.2, 0.25) is 0 Å². The van der Waals surface area contributed by atoms with E-state index in [2.05, 4.69) is 10.3 Å². The van der Waals surface area contributed by atoms with Crippen LogP contribution < -0.4 is 15.6 Å². The molecule has 26 heavy (non-hydrogen) atoms. The number of hydrogen-bond acceptors (Lipinski definition) is 3. The fourth-order valence-electron chi connectivity index (χ4n) is 2.42. The number of carbonyl (C=O) groups is 1. The second-order valence-corrected chi connectivity index (χ2v) is 5.86. The second-order valence-electron chi connectivity index (χ2n) is 5.42. The minimum Gasteiger partial charge on any atom is -0.495 e. The number of carbonyl (C=O) groups excluding carboxylic acids is 1. The monoisotopic (exact) mass is 372 g/mol. The molecule has 0 fully saturated rings. The number of halogens is 2. The summed E-state index contributed by atoms with van der Waals surface area (Å²) in [6.07, 6.45) is 0. The number of hydrogen-bond donors (Lipinski definition) is 2. The Hall–Kier alpha value is -3.12. The van der Waals surface area contributed by atoms with E-state index in [1.165, 1.54) is 43.5 Å². The van der Waals surface area contributed by atoms with Gasteiger partial charge in [-0.2, -0.15) is 0 Å². The minimum absolute atomic E-state index is 0.0714. The Bertz CT molecular complexity index is 1020. The van der Waals surface area contributed by atoms with Gasteiger partial charge >= 0.3 is 0 Å². The van der Waals surface area contributed by atoms with Crippen LogP contribution in [-0.2, 0) is 0 Å². The Morgan fingerprint density at radius 2 is 1.85 bits per heavy atom. The van der Waals surface area contributed by atoms with Crippen molar-refractivity contribution < 1.29 is 13.9 Å². The Labute approximate surface area is 153 Å². The van der Waals surface area contributed by atoms with Crippen LogP contribution in [0.25, 0.3) is 11.3 Å². The maximum absolute atomic E-state index is 13.0. The van der Waals surface area contributed by atoms with Crippen molar-refractivity contribution in [1.82, 2.24) is 4.98 Å². The third-order valence-corrected chi connectivity index (χ3v) is 3.95. The zero-order valence-electron chi connectivity index (χ0n) is 13.7. The average Bonchev–Trinajstić information content (AvgIpc) is 2.62. The average molecular weight is 373 g/mol. The first kappa shape index (κ1) is 17.7. The molecule has 0 aliphatic rings. The molecule has 0 aliphatic carbocycles. The number of pyridine rings is 1. The van der Waals surface area contributed by atoms with Gasteiger partial charge < -0.3 is 15.0 Å². The van der Waals surface area contributed by atoms with Crippen LogP contribution in [-0.4, -0.2) is 18.0 Å². The molecule has 1 amide bonds. The topological polar surface area (TPSA) is 71.2 Å². The lowest BCUT2D eigenvalue weighted by Crippen LogP contribution is -2.23. The maximum atomic E-state index is 13.0. The summed E-state index contributed by atoms with van der Waals surface area (Å²) >= 11 is 5.93. The van der Waals surface area contributed by atoms with Crippen molar-refractivity contribution in [3.63, 3.8) is 0 Å². The number of aromatic amines is 1. The van der Waals surface area contributed by atoms with Crippen molar-refractivity contribution in [2.75, 3.05) is 12.4 Å². The van der Waals surface area contributed by atoms with E-state index in [1.54, 1.807) is 18.2 Å². The van der Waals surface area contributed by atoms with E-state index >= 15 is 0 Å². The molecule has 1 heterocycles. The molecule has 132 valence electrons. The molecule has 7 heteroatoms. The zero-order chi connectivity index (χ0) is 18.7. The molecule has 0 saturated carbocycles. The van der Waals surface area contributed by atoms with Crippen molar-refractivity contribution in [2.45, 2.75) is 0 Å². The standard InChI is InChI=1S/C19H14ClFN2O3/c1-26-17-9-4-12(20)10-16(17)23-19(25)14-7-8-15(22-18(14)24)11-2-5-13(21)6-3-11/h2-10H,1H3,(H,22,24)(H,23,25). The highest BCUT2D eigenvalue weighted by atomic mass is 35.5. The third kappa shape index (κ3) is 3.75. The van der Waals surface area contributed by atoms with Crippen LogP contribution >= 0.6 is 11.6 Å². The number of rotatable bonds is 4. The summed E-state index contributed by atoms with van der Waals surface area (Å²) in [7, 11) is 1.46. The summed E-state index contributed by atoms with van der Waals surface area (Å²) in [5.41, 5.74) is 0.828. The van der Waals surface area contributed by atoms with Crippen LogP contribution in [0.15, 0.2) is 59.4 Å². The Kier molecular flexibility index (Phi) is 5.04. The van der Waals surface area contributed by atoms with Gasteiger partial charge in [-0.05, 0) is 60.2 Å². The molecule has 0 bridgehead atoms. The molecule has 0 unspecified atom stereocenters. The SMILES string of the molecule is COc1ccc(Cl)cc1NC(=O)c1ccc(-c2ccc(F)cc2)[nH]c1=O. The van der Waals surface area contributed by atoms with Gasteiger partial charge in [-0.3, -0.25) is 9.59 Å². The number of amides is 1. The van der Waals surface area contributed by atoms with Gasteiger partial charge in [-0.1, -0.05) is 11.6 Å². The van der Waals surface area contributed by atoms with Crippen LogP contribution in [0.1, 0.15) is 10.4 Å². The predicted octanol–water partition coefficient (Wildman–Crippen LogP) is 4.10. The summed E-state index contributed by atoms with van der Waals surface area (Å²) in [5.74, 6) is -0.554. The number of nitrogens with one attached hydrogen (secondary N) is 2. The lowest BCUT2D eigenvalue weighted by Gasteiger charge is -2.10. The number of aromatic nitrogens is 1. The highest BCUT2D eigenvalue weighted by Gasteiger charge is 2.14. The van der Waals surface area contributed by atoms with Crippen LogP contribution in [0, 0.1) is 5.82 Å². The second kappa shape index (κ2) is 7.41. The number of H-pyrrole nitrogens is 1. The number of ether oxygens (including phenoxy) is 1. The normalized spacial score (nSPS) is 10.4. The van der Waals surface area contributed by atoms with Gasteiger partial charge in [0.25, 0.3) is 11.5 Å². The summed E-state index contributed by atoms with van der Waals surface area (Å²) < 4.78 is 18.2. The largest absolute Gasteiger partial charge is 0.495 e. The van der Waals surface area contributed by atoms with Crippen LogP contribution in [0.3, 0.4) is 0 Å². The van der Waals surface area contributed by atoms with Gasteiger partial charge in [-0.15, -0.1) is 0 Å². The molecule has 2 aromatic carbocycles. The molecule has 0 radical (unpaired) electrons. The van der Waals surface area contributed by atoms with E-state index < -0.39 is 11.5 Å². The predicted molar refractivity (Wildman–Crippen MR) is 98.4 cm³/mol. The number of benzene rings is 2. The van der Waals surface area contributed by atoms with Gasteiger partial charge in [0.1, 0.15) is 17.1 Å². The van der Waals surface area contributed by atoms with Crippen molar-refractivity contribution in [1.29, 1.82) is 0 Å². The molecular weight excluding hydrogens is 359 g/mol. The number of anilines is 1. The lowest BCUT2D eigenvalue weighted by molar-refractivity contribution is 0.102. The lowest BCUT2D eigenvalue weighted by atomic mass is 10.1. The van der Waals surface area contributed by atoms with Crippen LogP contribution in [0.5, 0.6) is 5.75 Å². The molecule has 5 nitrogen and oxygen atoms in total. The highest BCUT2D eigenvalue weighted by molar-refractivity contribution is 6.31. The van der Waals surface area contributed by atoms with Crippen LogP contribution in [0.4, 0.5) is 10.1 Å². The molecule has 0 saturated heterocycles. The fourth-order valence-corrected chi connectivity index (χ4v) is 2.59. The molecule has 2 N–H and O–H groups in total. The molecule has 0 aliphatic heterocycles. The van der Waals surface area contributed by atoms with E-state index in [0.717, 1.165) is 0 Å². The first-order valence-electron chi connectivity index (χ1n) is 7.62. The van der Waals surface area contributed by atoms with Gasteiger partial charge in [0.15, 0.2) is 0 Å². The van der Waals surface area contributed by atoms with Crippen molar-refractivity contribution in [2.24, 2.45) is 0 Å². The van der Waals surface area contributed by atoms with E-state index in [4.69, 9.17) is 16.3 Å². The van der Waals surface area contributed by atoms with Gasteiger partial charge in [0, 0.05) is 10.7 Å². The summed E-state index contributed by atoms with van der Waals surface area (Å²) in [5, 5.41) is 3.03. The Morgan fingerprint density at radius 3 is 2.50 bits per heavy atom. The quantitative estimate of drug-likeness (QED) is 0.724. The van der Waals surface area contributed by atoms with Crippen LogP contribution in [0.2, 0.25) is 5.02 Å².